The van der Waals surface area contributed by atoms with Crippen LogP contribution in [-0.4, -0.2) is 36.2 Å². The van der Waals surface area contributed by atoms with E-state index in [2.05, 4.69) is 29.2 Å². The third-order valence-electron chi connectivity index (χ3n) is 1.68. The Morgan fingerprint density at radius 2 is 2.27 bits per heavy atom. The summed E-state index contributed by atoms with van der Waals surface area (Å²) >= 11 is 0. The van der Waals surface area contributed by atoms with Gasteiger partial charge in [0.15, 0.2) is 0 Å². The van der Waals surface area contributed by atoms with Gasteiger partial charge in [0.25, 0.3) is 0 Å². The van der Waals surface area contributed by atoms with Crippen molar-refractivity contribution in [3.05, 3.63) is 12.3 Å². The second-order valence-corrected chi connectivity index (χ2v) is 2.34. The zero-order valence-corrected chi connectivity index (χ0v) is 8.58. The smallest absolute Gasteiger partial charge is 0.0463 e. The predicted molar refractivity (Wildman–Crippen MR) is 52.5 cm³/mol. The molecule has 0 radical (unpaired) electrons. The zero-order valence-electron chi connectivity index (χ0n) is 6.86. The van der Waals surface area contributed by atoms with Crippen molar-refractivity contribution >= 4 is 17.0 Å². The highest BCUT2D eigenvalue weighted by atomic mass is 79.9. The summed E-state index contributed by atoms with van der Waals surface area (Å²) in [5, 5.41) is 4.42. The molecule has 1 aliphatic heterocycles. The van der Waals surface area contributed by atoms with E-state index >= 15 is 0 Å². The van der Waals surface area contributed by atoms with E-state index in [1.54, 1.807) is 0 Å². The third-order valence-corrected chi connectivity index (χ3v) is 1.68. The number of hydrogen-bond acceptors (Lipinski definition) is 3. The molecule has 0 fully saturated rings. The second-order valence-electron chi connectivity index (χ2n) is 2.34. The van der Waals surface area contributed by atoms with Crippen molar-refractivity contribution in [2.45, 2.75) is 6.92 Å². The fourth-order valence-corrected chi connectivity index (χ4v) is 1.15. The van der Waals surface area contributed by atoms with E-state index in [9.17, 15) is 0 Å². The molecule has 0 spiro atoms. The van der Waals surface area contributed by atoms with Crippen LogP contribution in [0.25, 0.3) is 0 Å². The molecule has 0 unspecified atom stereocenters. The van der Waals surface area contributed by atoms with Gasteiger partial charge in [-0.15, -0.1) is 17.0 Å². The molecule has 0 saturated heterocycles. The Hall–Kier alpha value is -0.0600. The summed E-state index contributed by atoms with van der Waals surface area (Å²) in [5.41, 5.74) is 5.42. The summed E-state index contributed by atoms with van der Waals surface area (Å²) in [5.74, 6) is 0. The first-order valence-electron chi connectivity index (χ1n) is 3.76. The number of rotatable bonds is 3. The monoisotopic (exact) mass is 221 g/mol. The van der Waals surface area contributed by atoms with Crippen molar-refractivity contribution in [3.8, 4) is 0 Å². The van der Waals surface area contributed by atoms with Crippen molar-refractivity contribution in [1.82, 2.24) is 10.0 Å². The summed E-state index contributed by atoms with van der Waals surface area (Å²) in [7, 11) is 0. The van der Waals surface area contributed by atoms with Crippen LogP contribution in [-0.2, 0) is 0 Å². The normalized spacial score (nSPS) is 17.1. The lowest BCUT2D eigenvalue weighted by Gasteiger charge is -2.27. The van der Waals surface area contributed by atoms with Gasteiger partial charge in [-0.3, -0.25) is 0 Å². The first kappa shape index (κ1) is 10.9. The quantitative estimate of drug-likeness (QED) is 0.758. The Bertz CT molecular complexity index is 127. The van der Waals surface area contributed by atoms with Gasteiger partial charge in [0.2, 0.25) is 0 Å². The standard InChI is InChI=1S/C7H15N3.BrH/c1-2-9-5-3-6-10(9)7-4-8;/h3,6H,2,4-5,7-8H2,1H3;1H. The molecule has 2 N–H and O–H groups in total. The maximum atomic E-state index is 5.42. The minimum atomic E-state index is 0. The average Bonchev–Trinajstić information content (AvgIpc) is 2.36. The highest BCUT2D eigenvalue weighted by Gasteiger charge is 2.11. The third kappa shape index (κ3) is 2.81. The van der Waals surface area contributed by atoms with Crippen molar-refractivity contribution in [3.63, 3.8) is 0 Å². The van der Waals surface area contributed by atoms with E-state index in [1.165, 1.54) is 0 Å². The minimum absolute atomic E-state index is 0. The van der Waals surface area contributed by atoms with Crippen molar-refractivity contribution < 1.29 is 0 Å². The van der Waals surface area contributed by atoms with Gasteiger partial charge in [-0.05, 0) is 0 Å². The van der Waals surface area contributed by atoms with Crippen LogP contribution in [0.15, 0.2) is 12.3 Å². The predicted octanol–water partition coefficient (Wildman–Crippen LogP) is 0.589. The SMILES string of the molecule is Br.CCN1CC=CN1CCN. The number of nitrogens with two attached hydrogens (primary N) is 1. The molecule has 0 aliphatic carbocycles. The molecule has 1 aliphatic rings. The molecule has 0 saturated carbocycles. The van der Waals surface area contributed by atoms with E-state index in [0.29, 0.717) is 0 Å². The largest absolute Gasteiger partial charge is 0.329 e. The van der Waals surface area contributed by atoms with Crippen LogP contribution in [0.4, 0.5) is 0 Å². The van der Waals surface area contributed by atoms with Crippen LogP contribution >= 0.6 is 17.0 Å². The maximum absolute atomic E-state index is 5.42. The fourth-order valence-electron chi connectivity index (χ4n) is 1.15. The molecule has 0 aromatic carbocycles. The summed E-state index contributed by atoms with van der Waals surface area (Å²) in [6.45, 7) is 5.91. The lowest BCUT2D eigenvalue weighted by Crippen LogP contribution is -2.37. The second kappa shape index (κ2) is 5.57. The molecule has 66 valence electrons. The lowest BCUT2D eigenvalue weighted by atomic mass is 10.6. The van der Waals surface area contributed by atoms with E-state index in [-0.39, 0.29) is 17.0 Å². The number of hydrogen-bond donors (Lipinski definition) is 1. The highest BCUT2D eigenvalue weighted by Crippen LogP contribution is 2.04. The average molecular weight is 222 g/mol. The summed E-state index contributed by atoms with van der Waals surface area (Å²) in [6, 6.07) is 0. The Labute approximate surface area is 78.6 Å². The molecule has 11 heavy (non-hydrogen) atoms. The summed E-state index contributed by atoms with van der Waals surface area (Å²) < 4.78 is 0. The number of nitrogens with zero attached hydrogens (tertiary/aromatic N) is 2. The van der Waals surface area contributed by atoms with Gasteiger partial charge in [0, 0.05) is 32.4 Å². The van der Waals surface area contributed by atoms with Crippen LogP contribution < -0.4 is 5.73 Å². The maximum Gasteiger partial charge on any atom is 0.0463 e. The molecule has 0 bridgehead atoms. The molecule has 0 aromatic heterocycles. The van der Waals surface area contributed by atoms with Crippen molar-refractivity contribution in [2.75, 3.05) is 26.2 Å². The Morgan fingerprint density at radius 3 is 2.82 bits per heavy atom. The molecule has 0 atom stereocenters. The Morgan fingerprint density at radius 1 is 1.55 bits per heavy atom. The van der Waals surface area contributed by atoms with Crippen LogP contribution in [0, 0.1) is 0 Å². The van der Waals surface area contributed by atoms with Crippen molar-refractivity contribution in [1.29, 1.82) is 0 Å². The van der Waals surface area contributed by atoms with Gasteiger partial charge in [0.1, 0.15) is 0 Å². The molecule has 3 nitrogen and oxygen atoms in total. The minimum Gasteiger partial charge on any atom is -0.329 e. The molecular weight excluding hydrogens is 206 g/mol. The highest BCUT2D eigenvalue weighted by molar-refractivity contribution is 8.93. The van der Waals surface area contributed by atoms with E-state index in [0.717, 1.165) is 26.2 Å². The lowest BCUT2D eigenvalue weighted by molar-refractivity contribution is 0.0616. The molecular formula is C7H16BrN3. The first-order chi connectivity index (χ1) is 4.88. The molecule has 4 heteroatoms. The Kier molecular flexibility index (Phi) is 5.54. The fraction of sp³-hybridized carbons (Fsp3) is 0.714. The van der Waals surface area contributed by atoms with E-state index in [1.807, 2.05) is 0 Å². The van der Waals surface area contributed by atoms with E-state index in [4.69, 9.17) is 5.73 Å². The molecule has 0 aromatic rings. The van der Waals surface area contributed by atoms with Gasteiger partial charge in [-0.25, -0.2) is 5.01 Å². The van der Waals surface area contributed by atoms with Gasteiger partial charge in [-0.1, -0.05) is 13.0 Å². The molecule has 1 heterocycles. The van der Waals surface area contributed by atoms with Gasteiger partial charge in [-0.2, -0.15) is 0 Å². The summed E-state index contributed by atoms with van der Waals surface area (Å²) in [6.07, 6.45) is 4.25. The van der Waals surface area contributed by atoms with Gasteiger partial charge < -0.3 is 10.7 Å². The number of likely N-dealkylation sites (N-methyl/N-ethyl adjacent to an activating group) is 1. The van der Waals surface area contributed by atoms with Crippen LogP contribution in [0.5, 0.6) is 0 Å². The molecule has 1 rings (SSSR count). The van der Waals surface area contributed by atoms with Crippen LogP contribution in [0.2, 0.25) is 0 Å². The first-order valence-corrected chi connectivity index (χ1v) is 3.76. The Balaban J connectivity index is 0.000001000. The topological polar surface area (TPSA) is 32.5 Å². The number of halogens is 1. The van der Waals surface area contributed by atoms with E-state index < -0.39 is 0 Å². The van der Waals surface area contributed by atoms with Crippen LogP contribution in [0.1, 0.15) is 6.92 Å². The van der Waals surface area contributed by atoms with Gasteiger partial charge >= 0.3 is 0 Å². The van der Waals surface area contributed by atoms with Crippen molar-refractivity contribution in [2.24, 2.45) is 5.73 Å². The molecule has 0 amide bonds. The summed E-state index contributed by atoms with van der Waals surface area (Å²) in [4.78, 5) is 0. The zero-order chi connectivity index (χ0) is 7.40. The number of hydrazine groups is 1. The van der Waals surface area contributed by atoms with Crippen LogP contribution in [0.3, 0.4) is 0 Å². The van der Waals surface area contributed by atoms with Gasteiger partial charge in [0.05, 0.1) is 0 Å².